The molecule has 0 saturated carbocycles. The maximum Gasteiger partial charge on any atom is 0.119 e. The van der Waals surface area contributed by atoms with Crippen molar-refractivity contribution < 1.29 is 4.74 Å². The van der Waals surface area contributed by atoms with Crippen LogP contribution in [0.15, 0.2) is 30.3 Å². The standard InChI is InChI=1S/C14H22N2O/c1-12-7-8-16(11-14(12)15)9-10-17-13-5-3-2-4-6-13/h2-6,12,14H,7-11,15H2,1H3. The van der Waals surface area contributed by atoms with E-state index in [4.69, 9.17) is 10.5 Å². The van der Waals surface area contributed by atoms with E-state index in [2.05, 4.69) is 11.8 Å². The fraction of sp³-hybridized carbons (Fsp3) is 0.571. The molecule has 0 aromatic heterocycles. The average molecular weight is 234 g/mol. The number of benzene rings is 1. The van der Waals surface area contributed by atoms with Crippen LogP contribution < -0.4 is 10.5 Å². The lowest BCUT2D eigenvalue weighted by Gasteiger charge is -2.34. The third-order valence-corrected chi connectivity index (χ3v) is 3.52. The molecular formula is C14H22N2O. The molecule has 0 aliphatic carbocycles. The third-order valence-electron chi connectivity index (χ3n) is 3.52. The molecule has 0 amide bonds. The van der Waals surface area contributed by atoms with Crippen molar-refractivity contribution in [3.05, 3.63) is 30.3 Å². The molecule has 3 heteroatoms. The number of nitrogens with two attached hydrogens (primary N) is 1. The number of likely N-dealkylation sites (tertiary alicyclic amines) is 1. The maximum atomic E-state index is 6.07. The number of piperidine rings is 1. The lowest BCUT2D eigenvalue weighted by atomic mass is 9.94. The Kier molecular flexibility index (Phi) is 4.40. The van der Waals surface area contributed by atoms with Gasteiger partial charge in [-0.25, -0.2) is 0 Å². The monoisotopic (exact) mass is 234 g/mol. The summed E-state index contributed by atoms with van der Waals surface area (Å²) in [7, 11) is 0. The zero-order valence-electron chi connectivity index (χ0n) is 10.5. The number of rotatable bonds is 4. The minimum atomic E-state index is 0.320. The van der Waals surface area contributed by atoms with Crippen LogP contribution in [0.1, 0.15) is 13.3 Å². The summed E-state index contributed by atoms with van der Waals surface area (Å²) in [6, 6.07) is 10.3. The first-order valence-corrected chi connectivity index (χ1v) is 6.41. The summed E-state index contributed by atoms with van der Waals surface area (Å²) in [5.74, 6) is 1.60. The minimum absolute atomic E-state index is 0.320. The van der Waals surface area contributed by atoms with Crippen molar-refractivity contribution in [1.82, 2.24) is 4.90 Å². The zero-order chi connectivity index (χ0) is 12.1. The van der Waals surface area contributed by atoms with Gasteiger partial charge < -0.3 is 10.5 Å². The maximum absolute atomic E-state index is 6.07. The van der Waals surface area contributed by atoms with E-state index in [1.165, 1.54) is 6.42 Å². The molecule has 0 bridgehead atoms. The second-order valence-corrected chi connectivity index (χ2v) is 4.89. The topological polar surface area (TPSA) is 38.5 Å². The van der Waals surface area contributed by atoms with E-state index in [1.54, 1.807) is 0 Å². The molecule has 1 fully saturated rings. The van der Waals surface area contributed by atoms with Crippen LogP contribution in [0.4, 0.5) is 0 Å². The fourth-order valence-corrected chi connectivity index (χ4v) is 2.18. The normalized spacial score (nSPS) is 25.8. The summed E-state index contributed by atoms with van der Waals surface area (Å²) in [6.45, 7) is 6.09. The molecule has 0 radical (unpaired) electrons. The molecule has 2 unspecified atom stereocenters. The quantitative estimate of drug-likeness (QED) is 0.862. The molecule has 1 aromatic carbocycles. The molecule has 1 heterocycles. The summed E-state index contributed by atoms with van der Waals surface area (Å²) in [5, 5.41) is 0. The van der Waals surface area contributed by atoms with Crippen molar-refractivity contribution in [1.29, 1.82) is 0 Å². The summed E-state index contributed by atoms with van der Waals surface area (Å²) in [5.41, 5.74) is 6.07. The van der Waals surface area contributed by atoms with E-state index in [-0.39, 0.29) is 0 Å². The van der Waals surface area contributed by atoms with Gasteiger partial charge in [-0.15, -0.1) is 0 Å². The van der Waals surface area contributed by atoms with E-state index in [1.807, 2.05) is 30.3 Å². The Morgan fingerprint density at radius 3 is 2.82 bits per heavy atom. The van der Waals surface area contributed by atoms with Gasteiger partial charge in [0.05, 0.1) is 0 Å². The second-order valence-electron chi connectivity index (χ2n) is 4.89. The van der Waals surface area contributed by atoms with Gasteiger partial charge in [-0.1, -0.05) is 25.1 Å². The Bertz CT molecular complexity index is 328. The molecule has 1 aromatic rings. The first-order chi connectivity index (χ1) is 8.25. The summed E-state index contributed by atoms with van der Waals surface area (Å²) < 4.78 is 5.69. The lowest BCUT2D eigenvalue weighted by molar-refractivity contribution is 0.143. The van der Waals surface area contributed by atoms with E-state index in [9.17, 15) is 0 Å². The van der Waals surface area contributed by atoms with Gasteiger partial charge in [0.2, 0.25) is 0 Å². The zero-order valence-corrected chi connectivity index (χ0v) is 10.5. The van der Waals surface area contributed by atoms with Gasteiger partial charge in [0.15, 0.2) is 0 Å². The molecule has 3 nitrogen and oxygen atoms in total. The number of hydrogen-bond donors (Lipinski definition) is 1. The van der Waals surface area contributed by atoms with Crippen molar-refractivity contribution in [3.63, 3.8) is 0 Å². The molecule has 94 valence electrons. The van der Waals surface area contributed by atoms with Gasteiger partial charge >= 0.3 is 0 Å². The Labute approximate surface area is 104 Å². The molecule has 1 saturated heterocycles. The van der Waals surface area contributed by atoms with Crippen LogP contribution in [-0.4, -0.2) is 37.2 Å². The third kappa shape index (κ3) is 3.72. The highest BCUT2D eigenvalue weighted by Crippen LogP contribution is 2.15. The van der Waals surface area contributed by atoms with Crippen molar-refractivity contribution in [2.75, 3.05) is 26.2 Å². The molecular weight excluding hydrogens is 212 g/mol. The first kappa shape index (κ1) is 12.4. The first-order valence-electron chi connectivity index (χ1n) is 6.41. The van der Waals surface area contributed by atoms with E-state index >= 15 is 0 Å². The van der Waals surface area contributed by atoms with Gasteiger partial charge in [-0.05, 0) is 31.0 Å². The average Bonchev–Trinajstić information content (AvgIpc) is 2.35. The fourth-order valence-electron chi connectivity index (χ4n) is 2.18. The number of hydrogen-bond acceptors (Lipinski definition) is 3. The predicted octanol–water partition coefficient (Wildman–Crippen LogP) is 1.73. The highest BCUT2D eigenvalue weighted by Gasteiger charge is 2.22. The molecule has 1 aliphatic rings. The van der Waals surface area contributed by atoms with Gasteiger partial charge in [0.25, 0.3) is 0 Å². The minimum Gasteiger partial charge on any atom is -0.492 e. The molecule has 1 aliphatic heterocycles. The number of para-hydroxylation sites is 1. The summed E-state index contributed by atoms with van der Waals surface area (Å²) >= 11 is 0. The Morgan fingerprint density at radius 2 is 2.12 bits per heavy atom. The molecule has 2 rings (SSSR count). The van der Waals surface area contributed by atoms with Crippen LogP contribution in [0.5, 0.6) is 5.75 Å². The van der Waals surface area contributed by atoms with Crippen molar-refractivity contribution in [3.8, 4) is 5.75 Å². The van der Waals surface area contributed by atoms with E-state index in [0.29, 0.717) is 12.0 Å². The van der Waals surface area contributed by atoms with Crippen molar-refractivity contribution >= 4 is 0 Å². The van der Waals surface area contributed by atoms with Crippen LogP contribution in [0.2, 0.25) is 0 Å². The smallest absolute Gasteiger partial charge is 0.119 e. The largest absolute Gasteiger partial charge is 0.492 e. The lowest BCUT2D eigenvalue weighted by Crippen LogP contribution is -2.48. The predicted molar refractivity (Wildman–Crippen MR) is 70.1 cm³/mol. The van der Waals surface area contributed by atoms with Crippen LogP contribution >= 0.6 is 0 Å². The molecule has 0 spiro atoms. The summed E-state index contributed by atoms with van der Waals surface area (Å²) in [6.07, 6.45) is 1.20. The number of ether oxygens (including phenoxy) is 1. The molecule has 2 N–H and O–H groups in total. The Hall–Kier alpha value is -1.06. The van der Waals surface area contributed by atoms with Gasteiger partial charge in [-0.3, -0.25) is 4.90 Å². The van der Waals surface area contributed by atoms with Crippen LogP contribution in [0.25, 0.3) is 0 Å². The second kappa shape index (κ2) is 6.03. The Balaban J connectivity index is 1.69. The van der Waals surface area contributed by atoms with E-state index in [0.717, 1.165) is 32.0 Å². The van der Waals surface area contributed by atoms with Crippen LogP contribution in [0.3, 0.4) is 0 Å². The van der Waals surface area contributed by atoms with Crippen LogP contribution in [0, 0.1) is 5.92 Å². The van der Waals surface area contributed by atoms with Crippen molar-refractivity contribution in [2.24, 2.45) is 11.7 Å². The van der Waals surface area contributed by atoms with Gasteiger partial charge in [0.1, 0.15) is 12.4 Å². The molecule has 17 heavy (non-hydrogen) atoms. The van der Waals surface area contributed by atoms with Gasteiger partial charge in [0, 0.05) is 19.1 Å². The highest BCUT2D eigenvalue weighted by atomic mass is 16.5. The Morgan fingerprint density at radius 1 is 1.35 bits per heavy atom. The summed E-state index contributed by atoms with van der Waals surface area (Å²) in [4.78, 5) is 2.40. The molecule has 2 atom stereocenters. The van der Waals surface area contributed by atoms with Gasteiger partial charge in [-0.2, -0.15) is 0 Å². The van der Waals surface area contributed by atoms with Crippen LogP contribution in [-0.2, 0) is 0 Å². The highest BCUT2D eigenvalue weighted by molar-refractivity contribution is 5.20. The SMILES string of the molecule is CC1CCN(CCOc2ccccc2)CC1N. The van der Waals surface area contributed by atoms with Crippen molar-refractivity contribution in [2.45, 2.75) is 19.4 Å². The number of nitrogens with zero attached hydrogens (tertiary/aromatic N) is 1. The van der Waals surface area contributed by atoms with E-state index < -0.39 is 0 Å².